The van der Waals surface area contributed by atoms with Crippen molar-refractivity contribution >= 4 is 78.1 Å². The first-order valence-electron chi connectivity index (χ1n) is 36.7. The molecular weight excluding hydrogens is 1540 g/mol. The number of cyclic esters (lactones) is 1. The van der Waals surface area contributed by atoms with Crippen molar-refractivity contribution in [2.75, 3.05) is 113 Å². The summed E-state index contributed by atoms with van der Waals surface area (Å²) >= 11 is 0. The van der Waals surface area contributed by atoms with Gasteiger partial charge < -0.3 is 58.0 Å². The summed E-state index contributed by atoms with van der Waals surface area (Å²) < 4.78 is 166. The van der Waals surface area contributed by atoms with Gasteiger partial charge in [-0.1, -0.05) is 71.9 Å². The fourth-order valence-electron chi connectivity index (χ4n) is 10.7. The minimum atomic E-state index is -3.66. The molecule has 7 rings (SSSR count). The molecule has 6 atom stereocenters. The van der Waals surface area contributed by atoms with Gasteiger partial charge in [-0.05, 0) is 131 Å². The molecule has 624 valence electrons. The maximum Gasteiger partial charge on any atom is 0.309 e. The summed E-state index contributed by atoms with van der Waals surface area (Å²) in [7, 11) is -6.81. The lowest BCUT2D eigenvalue weighted by molar-refractivity contribution is -0.166. The second kappa shape index (κ2) is 46.3. The van der Waals surface area contributed by atoms with Crippen molar-refractivity contribution in [2.24, 2.45) is 0 Å². The summed E-state index contributed by atoms with van der Waals surface area (Å²) in [5, 5.41) is 30.1. The fourth-order valence-corrected chi connectivity index (χ4v) is 11.8. The Labute approximate surface area is 661 Å². The number of hydrogen-bond donors (Lipinski definition) is 3. The van der Waals surface area contributed by atoms with E-state index in [1.54, 1.807) is 73.7 Å². The molecule has 1 aliphatic heterocycles. The number of ether oxygens (including phenoxy) is 9. The number of anilines is 3. The smallest absolute Gasteiger partial charge is 0.309 e. The molecule has 0 unspecified atom stereocenters. The molecule has 1 aliphatic rings. The third kappa shape index (κ3) is 31.4. The lowest BCUT2D eigenvalue weighted by Gasteiger charge is -2.27. The maximum absolute atomic E-state index is 13.8. The number of aliphatic hydroxyl groups excluding tert-OH is 2. The molecule has 0 bridgehead atoms. The number of esters is 1. The Hall–Kier alpha value is -8.30. The van der Waals surface area contributed by atoms with Crippen molar-refractivity contribution in [3.05, 3.63) is 142 Å². The Morgan fingerprint density at radius 1 is 0.540 bits per heavy atom. The first kappa shape index (κ1) is 95.3. The molecule has 1 saturated heterocycles. The molecule has 113 heavy (non-hydrogen) atoms. The van der Waals surface area contributed by atoms with Gasteiger partial charge in [-0.2, -0.15) is 0 Å². The molecular formula is C78H108F3N9O20S3. The molecule has 0 amide bonds. The van der Waals surface area contributed by atoms with E-state index in [-0.39, 0.29) is 101 Å². The van der Waals surface area contributed by atoms with Crippen LogP contribution in [0.15, 0.2) is 91.0 Å². The van der Waals surface area contributed by atoms with E-state index in [9.17, 15) is 63.3 Å². The van der Waals surface area contributed by atoms with Gasteiger partial charge in [-0.15, -0.1) is 0 Å². The van der Waals surface area contributed by atoms with E-state index >= 15 is 0 Å². The highest BCUT2D eigenvalue weighted by molar-refractivity contribution is 7.92. The zero-order valence-corrected chi connectivity index (χ0v) is 69.3. The topological polar surface area (TPSA) is 367 Å². The van der Waals surface area contributed by atoms with Gasteiger partial charge in [0.15, 0.2) is 0 Å². The van der Waals surface area contributed by atoms with E-state index in [2.05, 4.69) is 29.9 Å². The minimum Gasteiger partial charge on any atom is -0.481 e. The summed E-state index contributed by atoms with van der Waals surface area (Å²) in [6.45, 7) is 21.2. The van der Waals surface area contributed by atoms with Crippen LogP contribution in [0.25, 0.3) is 52.0 Å². The average molecular weight is 1640 g/mol. The van der Waals surface area contributed by atoms with Crippen LogP contribution in [0.5, 0.6) is 0 Å². The summed E-state index contributed by atoms with van der Waals surface area (Å²) in [5.74, 6) is -3.07. The second-order valence-electron chi connectivity index (χ2n) is 26.9. The Bertz CT molecular complexity index is 4450. The van der Waals surface area contributed by atoms with Crippen LogP contribution in [0, 0.1) is 17.5 Å². The second-order valence-corrected chi connectivity index (χ2v) is 33.0. The fraction of sp³-hybridized carbons (Fsp3) is 0.513. The van der Waals surface area contributed by atoms with Crippen molar-refractivity contribution < 1.29 is 106 Å². The van der Waals surface area contributed by atoms with Crippen LogP contribution in [-0.2, 0) is 82.3 Å². The molecule has 0 saturated carbocycles. The summed E-state index contributed by atoms with van der Waals surface area (Å²) in [6.07, 6.45) is 10.3. The quantitative estimate of drug-likeness (QED) is 0.0182. The number of halogens is 3. The van der Waals surface area contributed by atoms with Crippen LogP contribution in [0.2, 0.25) is 0 Å². The molecule has 3 aromatic heterocycles. The van der Waals surface area contributed by atoms with Crippen molar-refractivity contribution in [3.63, 3.8) is 0 Å². The standard InChI is InChI=1S/C28H40FN3O8S.C25H32FN3O6S.C25H36FN3O6S/c1-7-37-17-39-22(15-23(16-25(33)34)40-18-38-8-2)13-14-24-26(19(3)4)30-28(32(5)41(6,35)36)31-27(24)20-9-11-21(29)12-10-20;1-6-33-15-34-20-13-19(35-22(30)14-20)11-12-21-23(16(2)3)27-25(29(4)36(5,31)32)28-24(21)17-7-9-18(26)10-8-17;1-6-34-16-35-14-13-21(31)15-20(30)11-12-22-23(17(2)3)27-25(29(4)36(5,32)33)28-24(22)18-7-9-19(26)10-8-18/h9-14,19,22-23H,7-8,15-18H2,1-6H3,(H,33,34);7-12,16,19-20H,6,13-15H2,1-5H3;7-12,17,20-21,30-31H,6,13-16H2,1-5H3/b14-13+;2*12-11+/t22-,23-;19-,20+;20-,21+/m111/s1. The van der Waals surface area contributed by atoms with Crippen molar-refractivity contribution in [1.29, 1.82) is 0 Å². The highest BCUT2D eigenvalue weighted by Gasteiger charge is 2.31. The van der Waals surface area contributed by atoms with E-state index in [4.69, 9.17) is 42.6 Å². The van der Waals surface area contributed by atoms with Gasteiger partial charge in [0.25, 0.3) is 0 Å². The van der Waals surface area contributed by atoms with Crippen LogP contribution in [0.3, 0.4) is 0 Å². The van der Waals surface area contributed by atoms with E-state index in [1.807, 2.05) is 62.3 Å². The van der Waals surface area contributed by atoms with Crippen molar-refractivity contribution in [2.45, 2.75) is 162 Å². The van der Waals surface area contributed by atoms with Crippen LogP contribution in [0.4, 0.5) is 31.0 Å². The summed E-state index contributed by atoms with van der Waals surface area (Å²) in [6, 6.07) is 17.1. The van der Waals surface area contributed by atoms with E-state index in [0.717, 1.165) is 31.7 Å². The monoisotopic (exact) mass is 1640 g/mol. The summed E-state index contributed by atoms with van der Waals surface area (Å²) in [4.78, 5) is 50.8. The number of aliphatic carboxylic acids is 1. The Balaban J connectivity index is 0.000000304. The number of hydrogen-bond acceptors (Lipinski definition) is 25. The molecule has 4 heterocycles. The molecule has 3 aromatic carbocycles. The molecule has 0 radical (unpaired) electrons. The van der Waals surface area contributed by atoms with Gasteiger partial charge in [0.2, 0.25) is 47.9 Å². The van der Waals surface area contributed by atoms with Gasteiger partial charge in [0.1, 0.15) is 50.7 Å². The number of benzene rings is 3. The van der Waals surface area contributed by atoms with E-state index in [1.165, 1.54) is 63.6 Å². The van der Waals surface area contributed by atoms with Gasteiger partial charge >= 0.3 is 11.9 Å². The molecule has 0 aliphatic carbocycles. The molecule has 29 nitrogen and oxygen atoms in total. The number of carbonyl (C=O) groups is 2. The van der Waals surface area contributed by atoms with Gasteiger partial charge in [0.05, 0.1) is 103 Å². The third-order valence-corrected chi connectivity index (χ3v) is 20.4. The Morgan fingerprint density at radius 3 is 1.31 bits per heavy atom. The van der Waals surface area contributed by atoms with Gasteiger partial charge in [-0.25, -0.2) is 81.2 Å². The van der Waals surface area contributed by atoms with Crippen LogP contribution in [0.1, 0.15) is 159 Å². The number of carbonyl (C=O) groups excluding carboxylic acids is 1. The Kier molecular flexibility index (Phi) is 39.0. The number of nitrogens with zero attached hydrogens (tertiary/aromatic N) is 9. The predicted molar refractivity (Wildman–Crippen MR) is 425 cm³/mol. The molecule has 35 heteroatoms. The number of sulfonamides is 3. The zero-order valence-electron chi connectivity index (χ0n) is 66.9. The van der Waals surface area contributed by atoms with E-state index in [0.29, 0.717) is 113 Å². The maximum atomic E-state index is 13.8. The first-order valence-corrected chi connectivity index (χ1v) is 42.2. The lowest BCUT2D eigenvalue weighted by atomic mass is 9.97. The molecule has 0 spiro atoms. The van der Waals surface area contributed by atoms with Crippen molar-refractivity contribution in [1.82, 2.24) is 29.9 Å². The number of aliphatic hydroxyl groups is 2. The number of rotatable bonds is 42. The first-order chi connectivity index (χ1) is 53.3. The minimum absolute atomic E-state index is 0.00570. The highest BCUT2D eigenvalue weighted by Crippen LogP contribution is 2.36. The predicted octanol–water partition coefficient (Wildman–Crippen LogP) is 11.7. The summed E-state index contributed by atoms with van der Waals surface area (Å²) in [5.41, 5.74) is 6.39. The molecule has 1 fully saturated rings. The zero-order chi connectivity index (χ0) is 83.9. The third-order valence-electron chi connectivity index (χ3n) is 17.0. The van der Waals surface area contributed by atoms with E-state index < -0.39 is 84.0 Å². The van der Waals surface area contributed by atoms with Crippen LogP contribution >= 0.6 is 0 Å². The number of carboxylic acid groups (broad SMARTS) is 1. The van der Waals surface area contributed by atoms with Crippen LogP contribution in [-0.4, -0.2) is 219 Å². The highest BCUT2D eigenvalue weighted by atomic mass is 32.2. The SMILES string of the molecule is CCOCOCC[C@H](O)C[C@H](O)/C=C/c1c(-c2ccc(F)cc2)nc(N(C)S(C)(=O)=O)nc1C(C)C.CCOCO[C@@H](CC(=O)O)C[C@@H](/C=C/c1c(-c2ccc(F)cc2)nc(N(C)S(C)(=O)=O)nc1C(C)C)OCOCC.CCOCO[C@@H]1CC(=O)O[C@H](/C=C/c2c(-c3ccc(F)cc3)nc(N(C)S(C)(=O)=O)nc2C(C)C)C1. The number of aromatic nitrogens is 6. The van der Waals surface area contributed by atoms with Crippen molar-refractivity contribution in [3.8, 4) is 33.8 Å². The van der Waals surface area contributed by atoms with Gasteiger partial charge in [-0.3, -0.25) is 9.59 Å². The Morgan fingerprint density at radius 2 is 0.920 bits per heavy atom. The molecule has 6 aromatic rings. The number of carboxylic acids is 1. The van der Waals surface area contributed by atoms with Crippen LogP contribution < -0.4 is 12.9 Å². The average Bonchev–Trinajstić information content (AvgIpc) is 0.790. The lowest BCUT2D eigenvalue weighted by Crippen LogP contribution is -2.33. The van der Waals surface area contributed by atoms with Gasteiger partial charge in [0, 0.05) is 100 Å². The largest absolute Gasteiger partial charge is 0.481 e. The normalized spacial score (nSPS) is 15.3. The molecule has 3 N–H and O–H groups in total.